The predicted molar refractivity (Wildman–Crippen MR) is 80.9 cm³/mol. The Labute approximate surface area is 121 Å². The van der Waals surface area contributed by atoms with Gasteiger partial charge in [0.2, 0.25) is 0 Å². The molecule has 0 N–H and O–H groups in total. The van der Waals surface area contributed by atoms with E-state index in [1.807, 2.05) is 31.2 Å². The van der Waals surface area contributed by atoms with Gasteiger partial charge >= 0.3 is 6.16 Å². The van der Waals surface area contributed by atoms with Gasteiger partial charge in [0.1, 0.15) is 11.9 Å². The van der Waals surface area contributed by atoms with Crippen molar-refractivity contribution in [1.29, 1.82) is 0 Å². The van der Waals surface area contributed by atoms with E-state index in [9.17, 15) is 4.79 Å². The summed E-state index contributed by atoms with van der Waals surface area (Å²) in [5.74, 6) is 0.494. The van der Waals surface area contributed by atoms with Gasteiger partial charge < -0.3 is 9.47 Å². The molecule has 20 heavy (non-hydrogen) atoms. The normalized spacial score (nSPS) is 12.3. The molecule has 110 valence electrons. The fourth-order valence-corrected chi connectivity index (χ4v) is 1.78. The monoisotopic (exact) mass is 276 g/mol. The van der Waals surface area contributed by atoms with Crippen LogP contribution in [-0.2, 0) is 4.74 Å². The summed E-state index contributed by atoms with van der Waals surface area (Å²) in [5.41, 5.74) is 0. The standard InChI is InChI=1S/C17H24O3/c1-3-4-5-6-7-9-12-15(2)19-17(18)20-16-13-10-8-11-14-16/h8-15H,3-7H2,1-2H3. The topological polar surface area (TPSA) is 35.5 Å². The van der Waals surface area contributed by atoms with Gasteiger partial charge in [-0.05, 0) is 38.0 Å². The van der Waals surface area contributed by atoms with Gasteiger partial charge in [-0.1, -0.05) is 50.5 Å². The minimum Gasteiger partial charge on any atom is -0.427 e. The summed E-state index contributed by atoms with van der Waals surface area (Å²) in [6.45, 7) is 4.03. The van der Waals surface area contributed by atoms with Gasteiger partial charge in [-0.2, -0.15) is 0 Å². The molecule has 0 amide bonds. The van der Waals surface area contributed by atoms with Crippen molar-refractivity contribution in [3.63, 3.8) is 0 Å². The maximum atomic E-state index is 11.5. The molecule has 0 radical (unpaired) electrons. The van der Waals surface area contributed by atoms with Crippen LogP contribution < -0.4 is 4.74 Å². The molecule has 1 unspecified atom stereocenters. The molecule has 0 aliphatic rings. The highest BCUT2D eigenvalue weighted by molar-refractivity contribution is 5.64. The van der Waals surface area contributed by atoms with Gasteiger partial charge in [0, 0.05) is 0 Å². The first-order valence-corrected chi connectivity index (χ1v) is 7.32. The molecule has 0 saturated carbocycles. The van der Waals surface area contributed by atoms with E-state index < -0.39 is 6.16 Å². The molecule has 1 aromatic carbocycles. The van der Waals surface area contributed by atoms with E-state index in [0.717, 1.165) is 6.42 Å². The van der Waals surface area contributed by atoms with Crippen LogP contribution >= 0.6 is 0 Å². The van der Waals surface area contributed by atoms with Crippen LogP contribution in [0.2, 0.25) is 0 Å². The van der Waals surface area contributed by atoms with Crippen LogP contribution in [0.5, 0.6) is 5.75 Å². The number of hydrogen-bond donors (Lipinski definition) is 0. The van der Waals surface area contributed by atoms with Crippen LogP contribution in [0.4, 0.5) is 4.79 Å². The molecule has 0 heterocycles. The van der Waals surface area contributed by atoms with Crippen molar-refractivity contribution in [2.45, 2.75) is 52.1 Å². The van der Waals surface area contributed by atoms with E-state index in [4.69, 9.17) is 9.47 Å². The molecule has 3 heteroatoms. The van der Waals surface area contributed by atoms with Crippen molar-refractivity contribution in [2.24, 2.45) is 0 Å². The summed E-state index contributed by atoms with van der Waals surface area (Å²) >= 11 is 0. The molecule has 0 aromatic heterocycles. The summed E-state index contributed by atoms with van der Waals surface area (Å²) < 4.78 is 10.2. The number of carbonyl (C=O) groups excluding carboxylic acids is 1. The Morgan fingerprint density at radius 3 is 2.65 bits per heavy atom. The SMILES string of the molecule is CCCCCCC=CC(C)OC(=O)Oc1ccccc1. The van der Waals surface area contributed by atoms with Crippen LogP contribution in [0, 0.1) is 0 Å². The molecule has 1 atom stereocenters. The Hall–Kier alpha value is -1.77. The van der Waals surface area contributed by atoms with Gasteiger partial charge in [0.15, 0.2) is 0 Å². The molecular weight excluding hydrogens is 252 g/mol. The Morgan fingerprint density at radius 2 is 1.95 bits per heavy atom. The number of ether oxygens (including phenoxy) is 2. The Kier molecular flexibility index (Phi) is 8.20. The fourth-order valence-electron chi connectivity index (χ4n) is 1.78. The van der Waals surface area contributed by atoms with Crippen molar-refractivity contribution < 1.29 is 14.3 Å². The fraction of sp³-hybridized carbons (Fsp3) is 0.471. The van der Waals surface area contributed by atoms with Crippen molar-refractivity contribution in [1.82, 2.24) is 0 Å². The second-order valence-corrected chi connectivity index (χ2v) is 4.77. The summed E-state index contributed by atoms with van der Waals surface area (Å²) in [6.07, 6.45) is 9.03. The molecule has 0 bridgehead atoms. The molecule has 1 aromatic rings. The number of allylic oxidation sites excluding steroid dienone is 1. The Balaban J connectivity index is 2.19. The number of benzene rings is 1. The van der Waals surface area contributed by atoms with Crippen molar-refractivity contribution in [2.75, 3.05) is 0 Å². The predicted octanol–water partition coefficient (Wildman–Crippen LogP) is 5.12. The maximum absolute atomic E-state index is 11.5. The van der Waals surface area contributed by atoms with Crippen molar-refractivity contribution in [3.05, 3.63) is 42.5 Å². The Morgan fingerprint density at radius 1 is 1.20 bits per heavy atom. The summed E-state index contributed by atoms with van der Waals surface area (Å²) in [6, 6.07) is 8.91. The highest BCUT2D eigenvalue weighted by atomic mass is 16.7. The number of carbonyl (C=O) groups is 1. The van der Waals surface area contributed by atoms with Crippen LogP contribution in [-0.4, -0.2) is 12.3 Å². The van der Waals surface area contributed by atoms with Crippen LogP contribution in [0.1, 0.15) is 46.0 Å². The lowest BCUT2D eigenvalue weighted by molar-refractivity contribution is 0.0823. The quantitative estimate of drug-likeness (QED) is 0.286. The van der Waals surface area contributed by atoms with Gasteiger partial charge in [-0.15, -0.1) is 0 Å². The largest absolute Gasteiger partial charge is 0.514 e. The van der Waals surface area contributed by atoms with Crippen molar-refractivity contribution >= 4 is 6.16 Å². The number of unbranched alkanes of at least 4 members (excludes halogenated alkanes) is 4. The minimum absolute atomic E-state index is 0.266. The third-order valence-electron chi connectivity index (χ3n) is 2.86. The second kappa shape index (κ2) is 10.1. The first-order valence-electron chi connectivity index (χ1n) is 7.32. The van der Waals surface area contributed by atoms with E-state index in [-0.39, 0.29) is 6.10 Å². The summed E-state index contributed by atoms with van der Waals surface area (Å²) in [7, 11) is 0. The lowest BCUT2D eigenvalue weighted by Gasteiger charge is -2.09. The number of rotatable bonds is 8. The summed E-state index contributed by atoms with van der Waals surface area (Å²) in [4.78, 5) is 11.5. The highest BCUT2D eigenvalue weighted by Gasteiger charge is 2.08. The molecule has 0 spiro atoms. The zero-order valence-corrected chi connectivity index (χ0v) is 12.4. The van der Waals surface area contributed by atoms with Crippen LogP contribution in [0.3, 0.4) is 0 Å². The molecule has 0 saturated heterocycles. The molecule has 1 rings (SSSR count). The Bertz CT molecular complexity index is 398. The van der Waals surface area contributed by atoms with E-state index >= 15 is 0 Å². The van der Waals surface area contributed by atoms with E-state index in [1.54, 1.807) is 12.1 Å². The smallest absolute Gasteiger partial charge is 0.427 e. The van der Waals surface area contributed by atoms with Crippen LogP contribution in [0.15, 0.2) is 42.5 Å². The first-order chi connectivity index (χ1) is 9.72. The molecule has 0 aliphatic carbocycles. The third kappa shape index (κ3) is 7.62. The average Bonchev–Trinajstić information content (AvgIpc) is 2.43. The third-order valence-corrected chi connectivity index (χ3v) is 2.86. The van der Waals surface area contributed by atoms with Gasteiger partial charge in [0.25, 0.3) is 0 Å². The van der Waals surface area contributed by atoms with Gasteiger partial charge in [0.05, 0.1) is 0 Å². The van der Waals surface area contributed by atoms with E-state index in [1.165, 1.54) is 25.7 Å². The molecular formula is C17H24O3. The zero-order valence-electron chi connectivity index (χ0n) is 12.4. The average molecular weight is 276 g/mol. The van der Waals surface area contributed by atoms with Crippen molar-refractivity contribution in [3.8, 4) is 5.75 Å². The maximum Gasteiger partial charge on any atom is 0.514 e. The highest BCUT2D eigenvalue weighted by Crippen LogP contribution is 2.10. The summed E-state index contributed by atoms with van der Waals surface area (Å²) in [5, 5.41) is 0. The molecule has 3 nitrogen and oxygen atoms in total. The molecule has 0 fully saturated rings. The van der Waals surface area contributed by atoms with E-state index in [2.05, 4.69) is 13.0 Å². The second-order valence-electron chi connectivity index (χ2n) is 4.77. The van der Waals surface area contributed by atoms with Gasteiger partial charge in [-0.25, -0.2) is 4.79 Å². The van der Waals surface area contributed by atoms with E-state index in [0.29, 0.717) is 5.75 Å². The first kappa shape index (κ1) is 16.3. The lowest BCUT2D eigenvalue weighted by Crippen LogP contribution is -2.16. The zero-order chi connectivity index (χ0) is 14.6. The number of hydrogen-bond acceptors (Lipinski definition) is 3. The van der Waals surface area contributed by atoms with Gasteiger partial charge in [-0.3, -0.25) is 0 Å². The molecule has 0 aliphatic heterocycles. The van der Waals surface area contributed by atoms with Crippen LogP contribution in [0.25, 0.3) is 0 Å². The minimum atomic E-state index is -0.667. The lowest BCUT2D eigenvalue weighted by atomic mass is 10.1. The number of para-hydroxylation sites is 1.